The highest BCUT2D eigenvalue weighted by molar-refractivity contribution is 5.51. The van der Waals surface area contributed by atoms with E-state index in [0.29, 0.717) is 11.6 Å². The van der Waals surface area contributed by atoms with Crippen molar-refractivity contribution in [1.29, 1.82) is 0 Å². The van der Waals surface area contributed by atoms with Gasteiger partial charge in [0.2, 0.25) is 0 Å². The molecule has 0 radical (unpaired) electrons. The maximum Gasteiger partial charge on any atom is 0.272 e. The van der Waals surface area contributed by atoms with Crippen molar-refractivity contribution >= 4 is 11.4 Å². The molecule has 3 rings (SSSR count). The van der Waals surface area contributed by atoms with Crippen LogP contribution in [0.1, 0.15) is 24.3 Å². The van der Waals surface area contributed by atoms with Crippen LogP contribution in [-0.2, 0) is 0 Å². The van der Waals surface area contributed by atoms with Crippen LogP contribution in [0.15, 0.2) is 48.5 Å². The quantitative estimate of drug-likeness (QED) is 0.680. The molecule has 1 aliphatic carbocycles. The van der Waals surface area contributed by atoms with Crippen LogP contribution in [0.5, 0.6) is 0 Å². The Bertz CT molecular complexity index is 655. The lowest BCUT2D eigenvalue weighted by Gasteiger charge is -2.37. The average molecular weight is 286 g/mol. The molecule has 1 saturated carbocycles. The van der Waals surface area contributed by atoms with E-state index in [2.05, 4.69) is 17.4 Å². The maximum atomic E-state index is 13.8. The van der Waals surface area contributed by atoms with Gasteiger partial charge in [-0.1, -0.05) is 30.3 Å². The molecule has 1 N–H and O–H groups in total. The van der Waals surface area contributed by atoms with Crippen LogP contribution >= 0.6 is 0 Å². The van der Waals surface area contributed by atoms with Gasteiger partial charge in [-0.2, -0.15) is 0 Å². The second-order valence-corrected chi connectivity index (χ2v) is 5.34. The Morgan fingerprint density at radius 3 is 2.48 bits per heavy atom. The number of nitrogens with zero attached hydrogens (tertiary/aromatic N) is 1. The van der Waals surface area contributed by atoms with Crippen molar-refractivity contribution in [3.63, 3.8) is 0 Å². The molecule has 5 heteroatoms. The molecule has 0 bridgehead atoms. The summed E-state index contributed by atoms with van der Waals surface area (Å²) < 4.78 is 13.8. The number of nitro groups is 1. The predicted molar refractivity (Wildman–Crippen MR) is 78.9 cm³/mol. The summed E-state index contributed by atoms with van der Waals surface area (Å²) in [4.78, 5) is 9.98. The van der Waals surface area contributed by atoms with Crippen LogP contribution < -0.4 is 5.32 Å². The fourth-order valence-electron chi connectivity index (χ4n) is 2.69. The summed E-state index contributed by atoms with van der Waals surface area (Å²) >= 11 is 0. The Morgan fingerprint density at radius 1 is 1.14 bits per heavy atom. The molecule has 21 heavy (non-hydrogen) atoms. The lowest BCUT2D eigenvalue weighted by molar-refractivity contribution is -0.385. The first-order valence-electron chi connectivity index (χ1n) is 6.89. The Labute approximate surface area is 121 Å². The molecule has 1 aliphatic rings. The number of rotatable bonds is 4. The third-order valence-corrected chi connectivity index (χ3v) is 3.93. The van der Waals surface area contributed by atoms with Crippen molar-refractivity contribution in [3.8, 4) is 0 Å². The van der Waals surface area contributed by atoms with Crippen LogP contribution in [0.2, 0.25) is 0 Å². The normalized spacial score (nSPS) is 20.6. The number of nitro benzene ring substituents is 1. The fourth-order valence-corrected chi connectivity index (χ4v) is 2.69. The Morgan fingerprint density at radius 2 is 1.86 bits per heavy atom. The molecule has 2 aromatic rings. The lowest BCUT2D eigenvalue weighted by Crippen LogP contribution is -2.34. The van der Waals surface area contributed by atoms with Gasteiger partial charge < -0.3 is 5.32 Å². The summed E-state index contributed by atoms with van der Waals surface area (Å²) in [6.45, 7) is 0. The van der Waals surface area contributed by atoms with Gasteiger partial charge in [0.25, 0.3) is 5.69 Å². The molecule has 0 aromatic heterocycles. The number of nitrogens with one attached hydrogen (secondary N) is 1. The van der Waals surface area contributed by atoms with Gasteiger partial charge in [-0.25, -0.2) is 4.39 Å². The van der Waals surface area contributed by atoms with E-state index in [1.807, 2.05) is 18.2 Å². The van der Waals surface area contributed by atoms with Gasteiger partial charge in [0.15, 0.2) is 5.82 Å². The zero-order chi connectivity index (χ0) is 14.8. The van der Waals surface area contributed by atoms with Crippen LogP contribution in [0.4, 0.5) is 15.8 Å². The summed E-state index contributed by atoms with van der Waals surface area (Å²) in [5, 5.41) is 13.7. The molecule has 0 amide bonds. The minimum Gasteiger partial charge on any atom is -0.380 e. The van der Waals surface area contributed by atoms with E-state index in [1.165, 1.54) is 17.7 Å². The largest absolute Gasteiger partial charge is 0.380 e. The van der Waals surface area contributed by atoms with E-state index < -0.39 is 10.7 Å². The van der Waals surface area contributed by atoms with Crippen LogP contribution in [0, 0.1) is 15.9 Å². The SMILES string of the molecule is O=[N+]([O-])c1ccc(NC2CC(c3ccccc3)C2)c(F)c1. The summed E-state index contributed by atoms with van der Waals surface area (Å²) in [6.07, 6.45) is 1.89. The number of non-ortho nitro benzene ring substituents is 1. The average Bonchev–Trinajstić information content (AvgIpc) is 2.44. The zero-order valence-electron chi connectivity index (χ0n) is 11.3. The molecule has 4 nitrogen and oxygen atoms in total. The van der Waals surface area contributed by atoms with Crippen molar-refractivity contribution in [2.45, 2.75) is 24.8 Å². The summed E-state index contributed by atoms with van der Waals surface area (Å²) in [5.74, 6) is -0.0721. The van der Waals surface area contributed by atoms with E-state index in [9.17, 15) is 14.5 Å². The third kappa shape index (κ3) is 2.86. The molecular weight excluding hydrogens is 271 g/mol. The minimum atomic E-state index is -0.596. The molecule has 0 atom stereocenters. The molecular formula is C16H15FN2O2. The standard InChI is InChI=1S/C16H15FN2O2/c17-15-10-14(19(20)21)6-7-16(15)18-13-8-12(9-13)11-4-2-1-3-5-11/h1-7,10,12-13,18H,8-9H2. The summed E-state index contributed by atoms with van der Waals surface area (Å²) in [5.41, 5.74) is 1.41. The van der Waals surface area contributed by atoms with Crippen molar-refractivity contribution in [1.82, 2.24) is 0 Å². The van der Waals surface area contributed by atoms with Gasteiger partial charge in [-0.05, 0) is 30.4 Å². The molecule has 0 saturated heterocycles. The first-order chi connectivity index (χ1) is 10.1. The lowest BCUT2D eigenvalue weighted by atomic mass is 9.76. The van der Waals surface area contributed by atoms with Gasteiger partial charge in [0.1, 0.15) is 0 Å². The maximum absolute atomic E-state index is 13.8. The van der Waals surface area contributed by atoms with Crippen molar-refractivity contribution in [2.75, 3.05) is 5.32 Å². The predicted octanol–water partition coefficient (Wildman–Crippen LogP) is 4.09. The first kappa shape index (κ1) is 13.5. The second-order valence-electron chi connectivity index (χ2n) is 5.34. The molecule has 1 fully saturated rings. The number of halogens is 1. The molecule has 0 heterocycles. The van der Waals surface area contributed by atoms with Gasteiger partial charge in [-0.15, -0.1) is 0 Å². The molecule has 108 valence electrons. The monoisotopic (exact) mass is 286 g/mol. The first-order valence-corrected chi connectivity index (χ1v) is 6.89. The highest BCUT2D eigenvalue weighted by Gasteiger charge is 2.30. The Hall–Kier alpha value is -2.43. The third-order valence-electron chi connectivity index (χ3n) is 3.93. The highest BCUT2D eigenvalue weighted by atomic mass is 19.1. The minimum absolute atomic E-state index is 0.214. The van der Waals surface area contributed by atoms with Gasteiger partial charge in [0, 0.05) is 12.1 Å². The number of hydrogen-bond acceptors (Lipinski definition) is 3. The van der Waals surface area contributed by atoms with E-state index in [1.54, 1.807) is 0 Å². The van der Waals surface area contributed by atoms with E-state index in [0.717, 1.165) is 18.9 Å². The van der Waals surface area contributed by atoms with Crippen LogP contribution in [0.3, 0.4) is 0 Å². The van der Waals surface area contributed by atoms with E-state index >= 15 is 0 Å². The second kappa shape index (κ2) is 5.52. The van der Waals surface area contributed by atoms with Crippen LogP contribution in [0.25, 0.3) is 0 Å². The molecule has 0 aliphatic heterocycles. The van der Waals surface area contributed by atoms with E-state index in [4.69, 9.17) is 0 Å². The molecule has 0 spiro atoms. The Kier molecular flexibility index (Phi) is 3.56. The van der Waals surface area contributed by atoms with Crippen molar-refractivity contribution < 1.29 is 9.31 Å². The summed E-state index contributed by atoms with van der Waals surface area (Å²) in [7, 11) is 0. The van der Waals surface area contributed by atoms with E-state index in [-0.39, 0.29) is 11.7 Å². The number of hydrogen-bond donors (Lipinski definition) is 1. The fraction of sp³-hybridized carbons (Fsp3) is 0.250. The smallest absolute Gasteiger partial charge is 0.272 e. The zero-order valence-corrected chi connectivity index (χ0v) is 11.3. The number of anilines is 1. The highest BCUT2D eigenvalue weighted by Crippen LogP contribution is 2.38. The summed E-state index contributed by atoms with van der Waals surface area (Å²) in [6, 6.07) is 14.2. The van der Waals surface area contributed by atoms with Gasteiger partial charge in [-0.3, -0.25) is 10.1 Å². The van der Waals surface area contributed by atoms with Crippen molar-refractivity contribution in [2.24, 2.45) is 0 Å². The topological polar surface area (TPSA) is 55.2 Å². The Balaban J connectivity index is 1.61. The van der Waals surface area contributed by atoms with Gasteiger partial charge >= 0.3 is 0 Å². The van der Waals surface area contributed by atoms with Gasteiger partial charge in [0.05, 0.1) is 16.7 Å². The van der Waals surface area contributed by atoms with Crippen LogP contribution in [-0.4, -0.2) is 11.0 Å². The molecule has 0 unspecified atom stereocenters. The van der Waals surface area contributed by atoms with Crippen molar-refractivity contribution in [3.05, 3.63) is 70.0 Å². The molecule has 2 aromatic carbocycles. The number of benzene rings is 2.